The van der Waals surface area contributed by atoms with Gasteiger partial charge in [0.25, 0.3) is 0 Å². The van der Waals surface area contributed by atoms with Gasteiger partial charge < -0.3 is 5.32 Å². The lowest BCUT2D eigenvalue weighted by molar-refractivity contribution is -0.132. The number of hydrogen-bond acceptors (Lipinski definition) is 1. The molecule has 0 spiro atoms. The summed E-state index contributed by atoms with van der Waals surface area (Å²) >= 11 is 0. The van der Waals surface area contributed by atoms with Gasteiger partial charge in [-0.3, -0.25) is 4.79 Å². The van der Waals surface area contributed by atoms with Gasteiger partial charge in [0.05, 0.1) is 5.41 Å². The van der Waals surface area contributed by atoms with Crippen molar-refractivity contribution in [1.82, 2.24) is 5.32 Å². The molecule has 0 aromatic heterocycles. The number of carbonyl (C=O) groups excluding carboxylic acids is 1. The Kier molecular flexibility index (Phi) is 3.95. The van der Waals surface area contributed by atoms with Crippen molar-refractivity contribution < 1.29 is 4.79 Å². The molecule has 1 N–H and O–H groups in total. The molecule has 1 saturated carbocycles. The topological polar surface area (TPSA) is 29.1 Å². The molecule has 2 heteroatoms. The van der Waals surface area contributed by atoms with E-state index in [0.29, 0.717) is 5.92 Å². The Hall–Kier alpha value is -0.790. The highest BCUT2D eigenvalue weighted by molar-refractivity contribution is 5.84. The largest absolute Gasteiger partial charge is 0.330 e. The van der Waals surface area contributed by atoms with Gasteiger partial charge in [0, 0.05) is 5.70 Å². The van der Waals surface area contributed by atoms with Crippen LogP contribution in [0.1, 0.15) is 53.4 Å². The summed E-state index contributed by atoms with van der Waals surface area (Å²) in [7, 11) is 0. The van der Waals surface area contributed by atoms with Crippen LogP contribution in [-0.2, 0) is 4.79 Å². The fourth-order valence-electron chi connectivity index (χ4n) is 2.45. The van der Waals surface area contributed by atoms with Crippen molar-refractivity contribution in [2.75, 3.05) is 0 Å². The summed E-state index contributed by atoms with van der Waals surface area (Å²) < 4.78 is 0. The van der Waals surface area contributed by atoms with E-state index in [9.17, 15) is 4.79 Å². The van der Waals surface area contributed by atoms with E-state index < -0.39 is 0 Å². The van der Waals surface area contributed by atoms with E-state index in [1.54, 1.807) is 0 Å². The van der Waals surface area contributed by atoms with Crippen LogP contribution < -0.4 is 5.32 Å². The molecule has 0 aliphatic heterocycles. The maximum absolute atomic E-state index is 12.2. The van der Waals surface area contributed by atoms with E-state index in [2.05, 4.69) is 19.2 Å². The minimum Gasteiger partial charge on any atom is -0.330 e. The van der Waals surface area contributed by atoms with Crippen LogP contribution in [-0.4, -0.2) is 5.91 Å². The van der Waals surface area contributed by atoms with E-state index in [-0.39, 0.29) is 11.3 Å². The number of allylic oxidation sites excluding steroid dienone is 2. The van der Waals surface area contributed by atoms with Crippen LogP contribution in [0.4, 0.5) is 0 Å². The Balaban J connectivity index is 2.77. The molecule has 0 unspecified atom stereocenters. The van der Waals surface area contributed by atoms with Crippen LogP contribution in [0.3, 0.4) is 0 Å². The van der Waals surface area contributed by atoms with E-state index in [4.69, 9.17) is 0 Å². The molecule has 0 saturated heterocycles. The van der Waals surface area contributed by atoms with Gasteiger partial charge >= 0.3 is 0 Å². The zero-order valence-corrected chi connectivity index (χ0v) is 10.4. The minimum absolute atomic E-state index is 0.107. The number of rotatable bonds is 3. The predicted octanol–water partition coefficient (Wildman–Crippen LogP) is 3.24. The van der Waals surface area contributed by atoms with E-state index >= 15 is 0 Å². The van der Waals surface area contributed by atoms with Crippen LogP contribution in [0, 0.1) is 11.3 Å². The van der Waals surface area contributed by atoms with Crippen LogP contribution in [0.2, 0.25) is 0 Å². The van der Waals surface area contributed by atoms with Crippen molar-refractivity contribution >= 4 is 5.91 Å². The predicted molar refractivity (Wildman–Crippen MR) is 63.3 cm³/mol. The number of nitrogens with one attached hydrogen (secondary N) is 1. The van der Waals surface area contributed by atoms with Crippen LogP contribution in [0.5, 0.6) is 0 Å². The monoisotopic (exact) mass is 209 g/mol. The summed E-state index contributed by atoms with van der Waals surface area (Å²) in [6, 6.07) is 0. The summed E-state index contributed by atoms with van der Waals surface area (Å²) in [5, 5.41) is 3.02. The van der Waals surface area contributed by atoms with Crippen LogP contribution in [0.25, 0.3) is 0 Å². The van der Waals surface area contributed by atoms with Crippen molar-refractivity contribution in [3.63, 3.8) is 0 Å². The van der Waals surface area contributed by atoms with Crippen LogP contribution in [0.15, 0.2) is 11.8 Å². The van der Waals surface area contributed by atoms with Gasteiger partial charge in [-0.1, -0.05) is 32.8 Å². The summed E-state index contributed by atoms with van der Waals surface area (Å²) in [4.78, 5) is 12.2. The third-order valence-corrected chi connectivity index (χ3v) is 3.80. The highest BCUT2D eigenvalue weighted by Gasteiger charge is 2.43. The number of carbonyl (C=O) groups is 1. The van der Waals surface area contributed by atoms with Crippen LogP contribution >= 0.6 is 0 Å². The molecule has 1 amide bonds. The van der Waals surface area contributed by atoms with Crippen molar-refractivity contribution in [2.45, 2.75) is 53.4 Å². The van der Waals surface area contributed by atoms with Crippen molar-refractivity contribution in [3.8, 4) is 0 Å². The van der Waals surface area contributed by atoms with E-state index in [1.807, 2.05) is 19.9 Å². The standard InChI is InChI=1S/C13H23NO/c1-5-11(4)14-12(15)13(10(2)3)8-6-7-9-13/h5,10H,6-9H2,1-4H3,(H,14,15)/b11-5+. The van der Waals surface area contributed by atoms with Crippen molar-refractivity contribution in [3.05, 3.63) is 11.8 Å². The molecule has 0 bridgehead atoms. The molecule has 0 aromatic rings. The third kappa shape index (κ3) is 2.42. The molecule has 0 aromatic carbocycles. The molecular weight excluding hydrogens is 186 g/mol. The second kappa shape index (κ2) is 4.82. The zero-order chi connectivity index (χ0) is 11.5. The van der Waals surface area contributed by atoms with Gasteiger partial charge in [-0.05, 0) is 32.6 Å². The van der Waals surface area contributed by atoms with Gasteiger partial charge in [0.2, 0.25) is 5.91 Å². The molecule has 1 aliphatic carbocycles. The van der Waals surface area contributed by atoms with Gasteiger partial charge in [0.1, 0.15) is 0 Å². The summed E-state index contributed by atoms with van der Waals surface area (Å²) in [6.45, 7) is 8.22. The third-order valence-electron chi connectivity index (χ3n) is 3.80. The van der Waals surface area contributed by atoms with Gasteiger partial charge in [-0.2, -0.15) is 0 Å². The first-order valence-corrected chi connectivity index (χ1v) is 5.97. The molecule has 15 heavy (non-hydrogen) atoms. The molecule has 86 valence electrons. The smallest absolute Gasteiger partial charge is 0.230 e. The average Bonchev–Trinajstić information content (AvgIpc) is 2.67. The normalized spacial score (nSPS) is 20.7. The minimum atomic E-state index is -0.107. The molecule has 1 aliphatic rings. The van der Waals surface area contributed by atoms with Gasteiger partial charge in [-0.25, -0.2) is 0 Å². The lowest BCUT2D eigenvalue weighted by Crippen LogP contribution is -2.41. The molecule has 2 nitrogen and oxygen atoms in total. The molecule has 1 rings (SSSR count). The zero-order valence-electron chi connectivity index (χ0n) is 10.4. The van der Waals surface area contributed by atoms with E-state index in [0.717, 1.165) is 18.5 Å². The number of hydrogen-bond donors (Lipinski definition) is 1. The molecule has 1 fully saturated rings. The lowest BCUT2D eigenvalue weighted by atomic mass is 9.75. The molecule has 0 radical (unpaired) electrons. The summed E-state index contributed by atoms with van der Waals surface area (Å²) in [6.07, 6.45) is 6.43. The summed E-state index contributed by atoms with van der Waals surface area (Å²) in [5.74, 6) is 0.662. The van der Waals surface area contributed by atoms with Gasteiger partial charge in [-0.15, -0.1) is 0 Å². The fourth-order valence-corrected chi connectivity index (χ4v) is 2.45. The second-order valence-corrected chi connectivity index (χ2v) is 4.94. The Bertz CT molecular complexity index is 260. The lowest BCUT2D eigenvalue weighted by Gasteiger charge is -2.31. The Morgan fingerprint density at radius 2 is 1.87 bits per heavy atom. The Morgan fingerprint density at radius 3 is 2.27 bits per heavy atom. The maximum atomic E-state index is 12.2. The first-order valence-electron chi connectivity index (χ1n) is 5.97. The number of amides is 1. The Morgan fingerprint density at radius 1 is 1.33 bits per heavy atom. The molecule has 0 atom stereocenters. The summed E-state index contributed by atoms with van der Waals surface area (Å²) in [5.41, 5.74) is 0.858. The van der Waals surface area contributed by atoms with Crippen molar-refractivity contribution in [2.24, 2.45) is 11.3 Å². The fraction of sp³-hybridized carbons (Fsp3) is 0.769. The van der Waals surface area contributed by atoms with E-state index in [1.165, 1.54) is 12.8 Å². The Labute approximate surface area is 93.1 Å². The maximum Gasteiger partial charge on any atom is 0.230 e. The quantitative estimate of drug-likeness (QED) is 0.759. The highest BCUT2D eigenvalue weighted by Crippen LogP contribution is 2.44. The van der Waals surface area contributed by atoms with Gasteiger partial charge in [0.15, 0.2) is 0 Å². The highest BCUT2D eigenvalue weighted by atomic mass is 16.2. The average molecular weight is 209 g/mol. The molecular formula is C13H23NO. The first-order chi connectivity index (χ1) is 7.03. The second-order valence-electron chi connectivity index (χ2n) is 4.94. The first kappa shape index (κ1) is 12.3. The molecule has 0 heterocycles. The van der Waals surface area contributed by atoms with Crippen molar-refractivity contribution in [1.29, 1.82) is 0 Å². The SMILES string of the molecule is C/C=C(\C)NC(=O)C1(C(C)C)CCCC1.